The van der Waals surface area contributed by atoms with Crippen molar-refractivity contribution >= 4 is 5.69 Å². The zero-order chi connectivity index (χ0) is 13.0. The molecule has 1 saturated carbocycles. The van der Waals surface area contributed by atoms with Crippen molar-refractivity contribution in [1.29, 1.82) is 5.26 Å². The molecule has 0 heterocycles. The summed E-state index contributed by atoms with van der Waals surface area (Å²) in [6, 6.07) is 6.22. The Balaban J connectivity index is 2.21. The van der Waals surface area contributed by atoms with Gasteiger partial charge in [-0.25, -0.2) is 0 Å². The third-order valence-electron chi connectivity index (χ3n) is 3.13. The fraction of sp³-hybridized carbons (Fsp3) is 0.462. The van der Waals surface area contributed by atoms with Gasteiger partial charge in [0.2, 0.25) is 0 Å². The monoisotopic (exact) mass is 246 g/mol. The van der Waals surface area contributed by atoms with Gasteiger partial charge in [-0.3, -0.25) is 10.1 Å². The Hall–Kier alpha value is -2.09. The molecule has 5 heteroatoms. The molecule has 1 aliphatic carbocycles. The lowest BCUT2D eigenvalue weighted by Crippen LogP contribution is -2.20. The van der Waals surface area contributed by atoms with Crippen LogP contribution in [0.5, 0.6) is 5.75 Å². The van der Waals surface area contributed by atoms with Crippen LogP contribution in [0.25, 0.3) is 0 Å². The van der Waals surface area contributed by atoms with Crippen LogP contribution in [0.2, 0.25) is 0 Å². The first-order valence-corrected chi connectivity index (χ1v) is 6.06. The Morgan fingerprint density at radius 2 is 2.06 bits per heavy atom. The summed E-state index contributed by atoms with van der Waals surface area (Å²) in [6.45, 7) is 0. The minimum Gasteiger partial charge on any atom is -0.484 e. The highest BCUT2D eigenvalue weighted by atomic mass is 16.6. The van der Waals surface area contributed by atoms with Crippen LogP contribution < -0.4 is 4.74 Å². The lowest BCUT2D eigenvalue weighted by Gasteiger charge is -2.22. The number of nitrogens with zero attached hydrogens (tertiary/aromatic N) is 2. The van der Waals surface area contributed by atoms with Gasteiger partial charge >= 0.3 is 5.69 Å². The van der Waals surface area contributed by atoms with Gasteiger partial charge in [0.1, 0.15) is 0 Å². The molecule has 0 saturated heterocycles. The molecule has 1 aliphatic rings. The van der Waals surface area contributed by atoms with Gasteiger partial charge in [0.15, 0.2) is 5.75 Å². The van der Waals surface area contributed by atoms with Crippen LogP contribution in [-0.4, -0.2) is 11.0 Å². The van der Waals surface area contributed by atoms with Crippen molar-refractivity contribution in [3.8, 4) is 11.8 Å². The number of hydrogen-bond donors (Lipinski definition) is 0. The van der Waals surface area contributed by atoms with Gasteiger partial charge in [0, 0.05) is 6.07 Å². The number of rotatable bonds is 3. The van der Waals surface area contributed by atoms with Crippen molar-refractivity contribution in [3.05, 3.63) is 33.9 Å². The average Bonchev–Trinajstić information content (AvgIpc) is 2.40. The summed E-state index contributed by atoms with van der Waals surface area (Å²) in [7, 11) is 0. The summed E-state index contributed by atoms with van der Waals surface area (Å²) < 4.78 is 5.70. The Morgan fingerprint density at radius 1 is 1.33 bits per heavy atom. The van der Waals surface area contributed by atoms with Crippen LogP contribution in [0.1, 0.15) is 37.7 Å². The van der Waals surface area contributed by atoms with Crippen molar-refractivity contribution in [1.82, 2.24) is 0 Å². The maximum atomic E-state index is 10.9. The summed E-state index contributed by atoms with van der Waals surface area (Å²) in [5.74, 6) is 0.269. The molecule has 0 bridgehead atoms. The Labute approximate surface area is 105 Å². The fourth-order valence-electron chi connectivity index (χ4n) is 2.19. The SMILES string of the molecule is N#Cc1ccc(OC2CCCCC2)c([N+](=O)[O-])c1. The third kappa shape index (κ3) is 2.77. The smallest absolute Gasteiger partial charge is 0.312 e. The Morgan fingerprint density at radius 3 is 2.67 bits per heavy atom. The number of hydrogen-bond acceptors (Lipinski definition) is 4. The number of nitro groups is 1. The molecule has 0 N–H and O–H groups in total. The summed E-state index contributed by atoms with van der Waals surface area (Å²) in [6.07, 6.45) is 5.36. The molecule has 2 rings (SSSR count). The van der Waals surface area contributed by atoms with Crippen LogP contribution in [0.15, 0.2) is 18.2 Å². The molecule has 0 aliphatic heterocycles. The standard InChI is InChI=1S/C13H14N2O3/c14-9-10-6-7-13(12(8-10)15(16)17)18-11-4-2-1-3-5-11/h6-8,11H,1-5H2. The Kier molecular flexibility index (Phi) is 3.78. The van der Waals surface area contributed by atoms with Crippen molar-refractivity contribution in [2.24, 2.45) is 0 Å². The van der Waals surface area contributed by atoms with E-state index in [0.717, 1.165) is 25.7 Å². The first-order valence-electron chi connectivity index (χ1n) is 6.06. The maximum absolute atomic E-state index is 10.9. The number of benzene rings is 1. The van der Waals surface area contributed by atoms with E-state index in [9.17, 15) is 10.1 Å². The first kappa shape index (κ1) is 12.4. The van der Waals surface area contributed by atoms with E-state index < -0.39 is 4.92 Å². The third-order valence-corrected chi connectivity index (χ3v) is 3.13. The molecule has 1 aromatic carbocycles. The highest BCUT2D eigenvalue weighted by Crippen LogP contribution is 2.31. The zero-order valence-corrected chi connectivity index (χ0v) is 9.96. The van der Waals surface area contributed by atoms with Gasteiger partial charge in [0.25, 0.3) is 0 Å². The first-order chi connectivity index (χ1) is 8.70. The van der Waals surface area contributed by atoms with E-state index >= 15 is 0 Å². The van der Waals surface area contributed by atoms with Crippen LogP contribution >= 0.6 is 0 Å². The molecule has 0 radical (unpaired) electrons. The van der Waals surface area contributed by atoms with Crippen LogP contribution in [0.4, 0.5) is 5.69 Å². The number of ether oxygens (including phenoxy) is 1. The molecule has 1 fully saturated rings. The lowest BCUT2D eigenvalue weighted by atomic mass is 9.98. The molecular formula is C13H14N2O3. The van der Waals surface area contributed by atoms with E-state index in [1.165, 1.54) is 18.6 Å². The maximum Gasteiger partial charge on any atom is 0.312 e. The van der Waals surface area contributed by atoms with E-state index in [1.807, 2.05) is 6.07 Å². The van der Waals surface area contributed by atoms with Crippen molar-refractivity contribution in [2.45, 2.75) is 38.2 Å². The minimum atomic E-state index is -0.501. The fourth-order valence-corrected chi connectivity index (χ4v) is 2.19. The van der Waals surface area contributed by atoms with Gasteiger partial charge in [0.05, 0.1) is 22.7 Å². The summed E-state index contributed by atoms with van der Waals surface area (Å²) >= 11 is 0. The Bertz CT molecular complexity index is 487. The van der Waals surface area contributed by atoms with Gasteiger partial charge < -0.3 is 4.74 Å². The second kappa shape index (κ2) is 5.50. The van der Waals surface area contributed by atoms with E-state index in [2.05, 4.69) is 0 Å². The zero-order valence-electron chi connectivity index (χ0n) is 9.96. The molecular weight excluding hydrogens is 232 g/mol. The number of nitriles is 1. The summed E-state index contributed by atoms with van der Waals surface area (Å²) in [5.41, 5.74) is 0.150. The van der Waals surface area contributed by atoms with E-state index in [0.29, 0.717) is 0 Å². The van der Waals surface area contributed by atoms with Gasteiger partial charge in [-0.15, -0.1) is 0 Å². The average molecular weight is 246 g/mol. The van der Waals surface area contributed by atoms with Crippen LogP contribution in [0, 0.1) is 21.4 Å². The predicted molar refractivity (Wildman–Crippen MR) is 65.3 cm³/mol. The largest absolute Gasteiger partial charge is 0.484 e. The molecule has 18 heavy (non-hydrogen) atoms. The molecule has 94 valence electrons. The van der Waals surface area contributed by atoms with Crippen LogP contribution in [-0.2, 0) is 0 Å². The second-order valence-electron chi connectivity index (χ2n) is 4.43. The quantitative estimate of drug-likeness (QED) is 0.606. The van der Waals surface area contributed by atoms with Crippen molar-refractivity contribution in [3.63, 3.8) is 0 Å². The van der Waals surface area contributed by atoms with E-state index in [4.69, 9.17) is 10.00 Å². The second-order valence-corrected chi connectivity index (χ2v) is 4.43. The van der Waals surface area contributed by atoms with E-state index in [1.54, 1.807) is 6.07 Å². The summed E-state index contributed by atoms with van der Waals surface area (Å²) in [5, 5.41) is 19.7. The predicted octanol–water partition coefficient (Wildman–Crippen LogP) is 3.18. The van der Waals surface area contributed by atoms with Crippen molar-refractivity contribution < 1.29 is 9.66 Å². The van der Waals surface area contributed by atoms with E-state index in [-0.39, 0.29) is 23.1 Å². The molecule has 0 atom stereocenters. The molecule has 5 nitrogen and oxygen atoms in total. The van der Waals surface area contributed by atoms with Gasteiger partial charge in [-0.2, -0.15) is 5.26 Å². The highest BCUT2D eigenvalue weighted by molar-refractivity contribution is 5.51. The topological polar surface area (TPSA) is 76.2 Å². The van der Waals surface area contributed by atoms with Gasteiger partial charge in [-0.05, 0) is 37.8 Å². The van der Waals surface area contributed by atoms with Crippen LogP contribution in [0.3, 0.4) is 0 Å². The number of nitro benzene ring substituents is 1. The molecule has 1 aromatic rings. The summed E-state index contributed by atoms with van der Waals surface area (Å²) in [4.78, 5) is 10.4. The molecule has 0 spiro atoms. The molecule has 0 aromatic heterocycles. The lowest BCUT2D eigenvalue weighted by molar-refractivity contribution is -0.386. The van der Waals surface area contributed by atoms with Gasteiger partial charge in [-0.1, -0.05) is 6.42 Å². The minimum absolute atomic E-state index is 0.0605. The normalized spacial score (nSPS) is 15.9. The molecule has 0 unspecified atom stereocenters. The highest BCUT2D eigenvalue weighted by Gasteiger charge is 2.21. The molecule has 0 amide bonds. The van der Waals surface area contributed by atoms with Crippen molar-refractivity contribution in [2.75, 3.05) is 0 Å².